The lowest BCUT2D eigenvalue weighted by Crippen LogP contribution is -2.42. The predicted molar refractivity (Wildman–Crippen MR) is 207 cm³/mol. The molecule has 0 unspecified atom stereocenters. The van der Waals surface area contributed by atoms with Crippen molar-refractivity contribution in [3.63, 3.8) is 0 Å². The fourth-order valence-electron chi connectivity index (χ4n) is 7.08. The van der Waals surface area contributed by atoms with E-state index < -0.39 is 8.07 Å². The Balaban J connectivity index is 1.70. The molecule has 3 heterocycles. The van der Waals surface area contributed by atoms with Crippen molar-refractivity contribution in [2.24, 2.45) is 0 Å². The van der Waals surface area contributed by atoms with Gasteiger partial charge in [-0.25, -0.2) is 4.98 Å². The molecule has 0 aliphatic rings. The molecule has 0 N–H and O–H groups in total. The van der Waals surface area contributed by atoms with Crippen LogP contribution in [0, 0.1) is 0 Å². The number of para-hydroxylation sites is 3. The van der Waals surface area contributed by atoms with Gasteiger partial charge in [0, 0.05) is 40.3 Å². The molecule has 236 valence electrons. The van der Waals surface area contributed by atoms with Gasteiger partial charge in [-0.1, -0.05) is 123 Å². The molecule has 4 nitrogen and oxygen atoms in total. The predicted octanol–water partition coefficient (Wildman–Crippen LogP) is 10.7. The maximum atomic E-state index is 5.54. The van der Waals surface area contributed by atoms with Crippen molar-refractivity contribution >= 4 is 24.3 Å². The summed E-state index contributed by atoms with van der Waals surface area (Å²) < 4.78 is 2.35. The lowest BCUT2D eigenvalue weighted by molar-refractivity contribution is 1.10. The third kappa shape index (κ3) is 5.48. The van der Waals surface area contributed by atoms with E-state index in [0.29, 0.717) is 0 Å². The highest BCUT2D eigenvalue weighted by Gasteiger charge is 2.36. The fraction of sp³-hybridized carbons (Fsp3) is 0.0682. The second kappa shape index (κ2) is 12.6. The Hall–Kier alpha value is -5.91. The minimum Gasteiger partial charge on any atom is -0.292 e. The van der Waals surface area contributed by atoms with Crippen molar-refractivity contribution < 1.29 is 0 Å². The Kier molecular flexibility index (Phi) is 7.82. The topological polar surface area (TPSA) is 43.6 Å². The summed E-state index contributed by atoms with van der Waals surface area (Å²) in [5.74, 6) is 0.922. The van der Waals surface area contributed by atoms with Crippen molar-refractivity contribution in [3.8, 4) is 61.8 Å². The van der Waals surface area contributed by atoms with Crippen LogP contribution in [0.5, 0.6) is 0 Å². The standard InChI is InChI=1S/C44H36N4Si/c1-49(2,3)43-39(32-21-9-5-10-22-32)41(36-27-16-18-30-46-36)40(35-26-15-17-29-45-35)38(31-19-7-4-8-20-31)42(43)44-47-34-25-13-14-28-37(34)48(44)33-23-11-6-12-24-33/h4-30H,1-3H3. The van der Waals surface area contributed by atoms with Crippen molar-refractivity contribution in [2.45, 2.75) is 19.6 Å². The molecule has 0 atom stereocenters. The highest BCUT2D eigenvalue weighted by atomic mass is 28.3. The Bertz CT molecular complexity index is 2380. The van der Waals surface area contributed by atoms with Crippen molar-refractivity contribution in [1.29, 1.82) is 0 Å². The van der Waals surface area contributed by atoms with E-state index in [1.54, 1.807) is 0 Å². The summed E-state index contributed by atoms with van der Waals surface area (Å²) in [7, 11) is -2.21. The summed E-state index contributed by atoms with van der Waals surface area (Å²) in [6, 6.07) is 53.1. The number of hydrogen-bond donors (Lipinski definition) is 0. The maximum absolute atomic E-state index is 5.54. The minimum absolute atomic E-state index is 0.893. The molecule has 0 aliphatic heterocycles. The van der Waals surface area contributed by atoms with Crippen LogP contribution in [0.1, 0.15) is 0 Å². The first-order valence-corrected chi connectivity index (χ1v) is 20.2. The molecule has 0 aliphatic carbocycles. The van der Waals surface area contributed by atoms with E-state index >= 15 is 0 Å². The summed E-state index contributed by atoms with van der Waals surface area (Å²) in [5.41, 5.74) is 12.8. The van der Waals surface area contributed by atoms with Gasteiger partial charge >= 0.3 is 0 Å². The van der Waals surface area contributed by atoms with Gasteiger partial charge < -0.3 is 0 Å². The molecule has 3 aromatic heterocycles. The molecule has 5 heteroatoms. The number of benzene rings is 5. The Labute approximate surface area is 288 Å². The molecule has 49 heavy (non-hydrogen) atoms. The largest absolute Gasteiger partial charge is 0.292 e. The molecular weight excluding hydrogens is 613 g/mol. The molecule has 8 rings (SSSR count). The molecule has 5 aromatic carbocycles. The Morgan fingerprint density at radius 3 is 1.49 bits per heavy atom. The lowest BCUT2D eigenvalue weighted by atomic mass is 9.82. The van der Waals surface area contributed by atoms with Gasteiger partial charge in [0.15, 0.2) is 0 Å². The lowest BCUT2D eigenvalue weighted by Gasteiger charge is -2.32. The summed E-state index contributed by atoms with van der Waals surface area (Å²) >= 11 is 0. The first-order valence-electron chi connectivity index (χ1n) is 16.7. The van der Waals surface area contributed by atoms with Gasteiger partial charge in [0.25, 0.3) is 0 Å². The van der Waals surface area contributed by atoms with Crippen LogP contribution in [-0.2, 0) is 0 Å². The van der Waals surface area contributed by atoms with E-state index in [1.165, 1.54) is 10.8 Å². The van der Waals surface area contributed by atoms with E-state index in [4.69, 9.17) is 15.0 Å². The molecule has 8 aromatic rings. The van der Waals surface area contributed by atoms with Crippen LogP contribution in [0.3, 0.4) is 0 Å². The first kappa shape index (κ1) is 30.4. The molecule has 0 amide bonds. The third-order valence-corrected chi connectivity index (χ3v) is 11.0. The highest BCUT2D eigenvalue weighted by Crippen LogP contribution is 2.49. The average Bonchev–Trinajstić information content (AvgIpc) is 3.54. The van der Waals surface area contributed by atoms with Crippen LogP contribution in [0.4, 0.5) is 0 Å². The van der Waals surface area contributed by atoms with Gasteiger partial charge in [0.2, 0.25) is 0 Å². The van der Waals surface area contributed by atoms with Gasteiger partial charge in [0.05, 0.1) is 30.5 Å². The van der Waals surface area contributed by atoms with E-state index in [2.05, 4.69) is 164 Å². The minimum atomic E-state index is -2.21. The van der Waals surface area contributed by atoms with Crippen LogP contribution in [0.25, 0.3) is 72.9 Å². The molecular formula is C44H36N4Si. The van der Waals surface area contributed by atoms with Crippen LogP contribution in [0.2, 0.25) is 19.6 Å². The van der Waals surface area contributed by atoms with Gasteiger partial charge in [-0.15, -0.1) is 0 Å². The number of aromatic nitrogens is 4. The van der Waals surface area contributed by atoms with Gasteiger partial charge in [0.1, 0.15) is 5.82 Å². The summed E-state index contributed by atoms with van der Waals surface area (Å²) in [6.07, 6.45) is 3.78. The fourth-order valence-corrected chi connectivity index (χ4v) is 9.08. The van der Waals surface area contributed by atoms with Crippen molar-refractivity contribution in [2.75, 3.05) is 0 Å². The second-order valence-corrected chi connectivity index (χ2v) is 18.3. The normalized spacial score (nSPS) is 11.6. The smallest absolute Gasteiger partial charge is 0.146 e. The number of fused-ring (bicyclic) bond motifs is 1. The molecule has 0 saturated carbocycles. The van der Waals surface area contributed by atoms with Gasteiger partial charge in [-0.3, -0.25) is 14.5 Å². The summed E-state index contributed by atoms with van der Waals surface area (Å²) in [4.78, 5) is 15.7. The van der Waals surface area contributed by atoms with E-state index in [9.17, 15) is 0 Å². The van der Waals surface area contributed by atoms with Gasteiger partial charge in [-0.05, 0) is 70.4 Å². The molecule has 0 saturated heterocycles. The van der Waals surface area contributed by atoms with Crippen LogP contribution < -0.4 is 5.19 Å². The monoisotopic (exact) mass is 648 g/mol. The SMILES string of the molecule is C[Si](C)(C)c1c(-c2ccccc2)c(-c2ccccn2)c(-c2ccccn2)c(-c2ccccc2)c1-c1nc2ccccc2n1-c1ccccc1. The van der Waals surface area contributed by atoms with E-state index in [0.717, 1.165) is 67.3 Å². The van der Waals surface area contributed by atoms with Crippen molar-refractivity contribution in [1.82, 2.24) is 19.5 Å². The van der Waals surface area contributed by atoms with Crippen molar-refractivity contribution in [3.05, 3.63) is 164 Å². The zero-order valence-corrected chi connectivity index (χ0v) is 28.9. The molecule has 0 radical (unpaired) electrons. The summed E-state index contributed by atoms with van der Waals surface area (Å²) in [5, 5.41) is 1.34. The van der Waals surface area contributed by atoms with Gasteiger partial charge in [-0.2, -0.15) is 0 Å². The Morgan fingerprint density at radius 2 is 0.939 bits per heavy atom. The number of nitrogens with zero attached hydrogens (tertiary/aromatic N) is 4. The number of hydrogen-bond acceptors (Lipinski definition) is 3. The van der Waals surface area contributed by atoms with Crippen LogP contribution in [0.15, 0.2) is 164 Å². The van der Waals surface area contributed by atoms with E-state index in [1.807, 2.05) is 24.5 Å². The van der Waals surface area contributed by atoms with E-state index in [-0.39, 0.29) is 0 Å². The third-order valence-electron chi connectivity index (χ3n) is 9.02. The zero-order chi connectivity index (χ0) is 33.4. The molecule has 0 bridgehead atoms. The molecule has 0 fully saturated rings. The zero-order valence-electron chi connectivity index (χ0n) is 27.9. The van der Waals surface area contributed by atoms with Crippen LogP contribution >= 0.6 is 0 Å². The molecule has 0 spiro atoms. The highest BCUT2D eigenvalue weighted by molar-refractivity contribution is 6.91. The first-order chi connectivity index (χ1) is 24.0. The number of pyridine rings is 2. The quantitative estimate of drug-likeness (QED) is 0.162. The Morgan fingerprint density at radius 1 is 0.449 bits per heavy atom. The maximum Gasteiger partial charge on any atom is 0.146 e. The second-order valence-electron chi connectivity index (χ2n) is 13.3. The number of rotatable bonds is 7. The number of imidazole rings is 1. The summed E-state index contributed by atoms with van der Waals surface area (Å²) in [6.45, 7) is 7.35. The average molecular weight is 649 g/mol. The van der Waals surface area contributed by atoms with Crippen LogP contribution in [-0.4, -0.2) is 27.6 Å².